The average molecular weight is 395 g/mol. The lowest BCUT2D eigenvalue weighted by molar-refractivity contribution is -0.123. The third kappa shape index (κ3) is 2.55. The molecule has 1 aliphatic carbocycles. The van der Waals surface area contributed by atoms with Crippen LogP contribution in [0.15, 0.2) is 83.1 Å². The quantitative estimate of drug-likeness (QED) is 0.506. The molecule has 5 heteroatoms. The Morgan fingerprint density at radius 3 is 2.70 bits per heavy atom. The van der Waals surface area contributed by atoms with Crippen molar-refractivity contribution in [3.8, 4) is 0 Å². The number of nitrogens with one attached hydrogen (secondary N) is 1. The molecule has 1 N–H and O–H groups in total. The molecule has 0 radical (unpaired) electrons. The lowest BCUT2D eigenvalue weighted by atomic mass is 9.76. The minimum absolute atomic E-state index is 0.0602. The summed E-state index contributed by atoms with van der Waals surface area (Å²) in [7, 11) is 0. The second-order valence-corrected chi connectivity index (χ2v) is 8.17. The largest absolute Gasteiger partial charge is 0.467 e. The highest BCUT2D eigenvalue weighted by Crippen LogP contribution is 2.46. The van der Waals surface area contributed by atoms with Crippen LogP contribution < -0.4 is 5.32 Å². The summed E-state index contributed by atoms with van der Waals surface area (Å²) in [5.74, 6) is 1.49. The van der Waals surface area contributed by atoms with Crippen LogP contribution in [0.4, 0.5) is 5.95 Å². The smallest absolute Gasteiger partial charge is 0.208 e. The Morgan fingerprint density at radius 1 is 1.07 bits per heavy atom. The summed E-state index contributed by atoms with van der Waals surface area (Å²) in [6.07, 6.45) is 4.36. The van der Waals surface area contributed by atoms with Gasteiger partial charge in [0, 0.05) is 18.0 Å². The molecule has 148 valence electrons. The van der Waals surface area contributed by atoms with E-state index in [1.54, 1.807) is 6.26 Å². The molecule has 0 saturated carbocycles. The molecule has 3 atom stereocenters. The van der Waals surface area contributed by atoms with Crippen molar-refractivity contribution in [2.75, 3.05) is 5.32 Å². The van der Waals surface area contributed by atoms with Crippen LogP contribution >= 0.6 is 0 Å². The summed E-state index contributed by atoms with van der Waals surface area (Å²) in [6.45, 7) is 2.07. The van der Waals surface area contributed by atoms with Crippen LogP contribution in [0.25, 0.3) is 11.0 Å². The van der Waals surface area contributed by atoms with E-state index < -0.39 is 0 Å². The maximum absolute atomic E-state index is 13.5. The van der Waals surface area contributed by atoms with Crippen LogP contribution in [-0.2, 0) is 4.79 Å². The number of imidazole rings is 1. The zero-order valence-corrected chi connectivity index (χ0v) is 16.6. The molecule has 2 aliphatic rings. The van der Waals surface area contributed by atoms with E-state index in [0.717, 1.165) is 34.0 Å². The first-order chi connectivity index (χ1) is 14.7. The number of hydrogen-bond acceptors (Lipinski definition) is 4. The molecule has 30 heavy (non-hydrogen) atoms. The van der Waals surface area contributed by atoms with E-state index >= 15 is 0 Å². The zero-order chi connectivity index (χ0) is 20.2. The fraction of sp³-hybridized carbons (Fsp3) is 0.200. The number of carbonyl (C=O) groups is 1. The standard InChI is InChI=1S/C25H21N3O2/c1-15-8-10-16(11-9-15)17-13-19-23(21(29)14-17)24(22-7-4-12-30-22)28-20-6-3-2-5-18(20)26-25(28)27-19/h2-13,17,23-24H,14H2,1H3,(H,26,27)/t17-,23+,24+/m0/s1. The number of para-hydroxylation sites is 2. The molecule has 0 amide bonds. The van der Waals surface area contributed by atoms with Crippen molar-refractivity contribution in [3.05, 3.63) is 95.6 Å². The van der Waals surface area contributed by atoms with Gasteiger partial charge in [0.15, 0.2) is 0 Å². The van der Waals surface area contributed by atoms with Crippen molar-refractivity contribution in [2.24, 2.45) is 5.92 Å². The average Bonchev–Trinajstić information content (AvgIpc) is 3.40. The second kappa shape index (κ2) is 6.46. The number of aryl methyl sites for hydroxylation is 1. The van der Waals surface area contributed by atoms with Crippen LogP contribution in [0.5, 0.6) is 0 Å². The SMILES string of the molecule is Cc1ccc([C@H]2C=C3Nc4nc5ccccc5n4[C@H](c4ccco4)[C@H]3C(=O)C2)cc1. The molecule has 1 aliphatic heterocycles. The molecule has 4 aromatic rings. The van der Waals surface area contributed by atoms with Crippen LogP contribution in [-0.4, -0.2) is 15.3 Å². The van der Waals surface area contributed by atoms with E-state index in [-0.39, 0.29) is 23.7 Å². The number of furan rings is 1. The summed E-state index contributed by atoms with van der Waals surface area (Å²) in [6, 6.07) is 20.0. The molecule has 6 rings (SSSR count). The van der Waals surface area contributed by atoms with E-state index in [2.05, 4.69) is 47.1 Å². The van der Waals surface area contributed by atoms with E-state index in [4.69, 9.17) is 9.40 Å². The third-order valence-electron chi connectivity index (χ3n) is 6.27. The zero-order valence-electron chi connectivity index (χ0n) is 16.6. The lowest BCUT2D eigenvalue weighted by Gasteiger charge is -2.38. The minimum atomic E-state index is -0.317. The molecular formula is C25H21N3O2. The van der Waals surface area contributed by atoms with E-state index in [1.165, 1.54) is 5.56 Å². The normalized spacial score (nSPS) is 22.9. The first-order valence-electron chi connectivity index (χ1n) is 10.3. The number of rotatable bonds is 2. The van der Waals surface area contributed by atoms with Gasteiger partial charge in [0.05, 0.1) is 23.2 Å². The second-order valence-electron chi connectivity index (χ2n) is 8.17. The molecular weight excluding hydrogens is 374 g/mol. The van der Waals surface area contributed by atoms with Crippen molar-refractivity contribution in [1.29, 1.82) is 0 Å². The molecule has 0 unspecified atom stereocenters. The van der Waals surface area contributed by atoms with Gasteiger partial charge in [0.2, 0.25) is 5.95 Å². The van der Waals surface area contributed by atoms with E-state index in [1.807, 2.05) is 36.4 Å². The number of allylic oxidation sites excluding steroid dienone is 2. The Labute approximate surface area is 174 Å². The lowest BCUT2D eigenvalue weighted by Crippen LogP contribution is -2.39. The van der Waals surface area contributed by atoms with E-state index in [9.17, 15) is 4.79 Å². The van der Waals surface area contributed by atoms with Gasteiger partial charge < -0.3 is 9.73 Å². The van der Waals surface area contributed by atoms with Crippen LogP contribution in [0.1, 0.15) is 35.3 Å². The Hall–Kier alpha value is -3.60. The summed E-state index contributed by atoms with van der Waals surface area (Å²) in [5.41, 5.74) is 5.19. The summed E-state index contributed by atoms with van der Waals surface area (Å²) in [4.78, 5) is 18.3. The van der Waals surface area contributed by atoms with Gasteiger partial charge in [0.25, 0.3) is 0 Å². The summed E-state index contributed by atoms with van der Waals surface area (Å²) in [5, 5.41) is 3.47. The Balaban J connectivity index is 1.53. The number of fused-ring (bicyclic) bond motifs is 4. The molecule has 2 aromatic carbocycles. The Kier molecular flexibility index (Phi) is 3.72. The van der Waals surface area contributed by atoms with Gasteiger partial charge in [-0.15, -0.1) is 0 Å². The van der Waals surface area contributed by atoms with Crippen molar-refractivity contribution in [1.82, 2.24) is 9.55 Å². The number of anilines is 1. The van der Waals surface area contributed by atoms with Gasteiger partial charge in [-0.1, -0.05) is 48.0 Å². The first-order valence-corrected chi connectivity index (χ1v) is 10.3. The number of nitrogens with zero attached hydrogens (tertiary/aromatic N) is 2. The van der Waals surface area contributed by atoms with Gasteiger partial charge in [-0.3, -0.25) is 9.36 Å². The van der Waals surface area contributed by atoms with E-state index in [0.29, 0.717) is 6.42 Å². The van der Waals surface area contributed by atoms with Gasteiger partial charge in [-0.2, -0.15) is 0 Å². The van der Waals surface area contributed by atoms with Crippen LogP contribution in [0, 0.1) is 12.8 Å². The highest BCUT2D eigenvalue weighted by molar-refractivity contribution is 5.90. The monoisotopic (exact) mass is 395 g/mol. The predicted octanol–water partition coefficient (Wildman–Crippen LogP) is 5.21. The topological polar surface area (TPSA) is 60.1 Å². The maximum Gasteiger partial charge on any atom is 0.208 e. The molecule has 2 aromatic heterocycles. The number of Topliss-reactive ketones (excluding diaryl/α,β-unsaturated/α-hetero) is 1. The first kappa shape index (κ1) is 17.3. The number of ketones is 1. The van der Waals surface area contributed by atoms with Crippen molar-refractivity contribution in [2.45, 2.75) is 25.3 Å². The van der Waals surface area contributed by atoms with Crippen molar-refractivity contribution >= 4 is 22.8 Å². The minimum Gasteiger partial charge on any atom is -0.467 e. The molecule has 0 fully saturated rings. The van der Waals surface area contributed by atoms with Crippen LogP contribution in [0.2, 0.25) is 0 Å². The molecule has 0 spiro atoms. The number of carbonyl (C=O) groups excluding carboxylic acids is 1. The van der Waals surface area contributed by atoms with Crippen molar-refractivity contribution < 1.29 is 9.21 Å². The molecule has 5 nitrogen and oxygen atoms in total. The maximum atomic E-state index is 13.5. The number of benzene rings is 2. The Bertz CT molecular complexity index is 1280. The number of hydrogen-bond donors (Lipinski definition) is 1. The summed E-state index contributed by atoms with van der Waals surface area (Å²) < 4.78 is 7.93. The number of aromatic nitrogens is 2. The molecule has 0 bridgehead atoms. The summed E-state index contributed by atoms with van der Waals surface area (Å²) >= 11 is 0. The predicted molar refractivity (Wildman–Crippen MR) is 115 cm³/mol. The highest BCUT2D eigenvalue weighted by Gasteiger charge is 2.44. The third-order valence-corrected chi connectivity index (χ3v) is 6.27. The fourth-order valence-electron chi connectivity index (χ4n) is 4.83. The van der Waals surface area contributed by atoms with Gasteiger partial charge in [0.1, 0.15) is 17.6 Å². The molecule has 3 heterocycles. The highest BCUT2D eigenvalue weighted by atomic mass is 16.3. The van der Waals surface area contributed by atoms with Crippen LogP contribution in [0.3, 0.4) is 0 Å². The van der Waals surface area contributed by atoms with Gasteiger partial charge in [-0.05, 0) is 36.8 Å². The molecule has 0 saturated heterocycles. The van der Waals surface area contributed by atoms with Crippen molar-refractivity contribution in [3.63, 3.8) is 0 Å². The fourth-order valence-corrected chi connectivity index (χ4v) is 4.83. The van der Waals surface area contributed by atoms with Gasteiger partial charge in [-0.25, -0.2) is 4.98 Å². The van der Waals surface area contributed by atoms with Gasteiger partial charge >= 0.3 is 0 Å². The Morgan fingerprint density at radius 2 is 1.90 bits per heavy atom.